The maximum Gasteiger partial charge on any atom is 0.251 e. The molecular weight excluding hydrogens is 486 g/mol. The number of amides is 1. The summed E-state index contributed by atoms with van der Waals surface area (Å²) in [7, 11) is 4.04. The topological polar surface area (TPSA) is 58.0 Å². The van der Waals surface area contributed by atoms with Crippen molar-refractivity contribution < 1.29 is 13.9 Å². The van der Waals surface area contributed by atoms with E-state index >= 15 is 0 Å². The molecule has 1 amide bonds. The molecule has 0 aliphatic carbocycles. The van der Waals surface area contributed by atoms with E-state index in [9.17, 15) is 4.79 Å². The fourth-order valence-electron chi connectivity index (χ4n) is 4.93. The Bertz CT molecular complexity index is 1380. The van der Waals surface area contributed by atoms with Crippen LogP contribution in [0.25, 0.3) is 21.9 Å². The van der Waals surface area contributed by atoms with Crippen molar-refractivity contribution >= 4 is 39.4 Å². The Labute approximate surface area is 223 Å². The van der Waals surface area contributed by atoms with E-state index in [0.717, 1.165) is 62.0 Å². The number of piperidine rings is 1. The Morgan fingerprint density at radius 2 is 1.84 bits per heavy atom. The summed E-state index contributed by atoms with van der Waals surface area (Å²) in [6, 6.07) is 20.0. The quantitative estimate of drug-likeness (QED) is 0.276. The van der Waals surface area contributed by atoms with Gasteiger partial charge in [0.05, 0.1) is 5.02 Å². The minimum Gasteiger partial charge on any atom is -0.489 e. The van der Waals surface area contributed by atoms with Gasteiger partial charge in [0, 0.05) is 42.5 Å². The minimum absolute atomic E-state index is 0.109. The molecule has 1 aliphatic rings. The van der Waals surface area contributed by atoms with Gasteiger partial charge in [-0.15, -0.1) is 0 Å². The maximum absolute atomic E-state index is 12.4. The van der Waals surface area contributed by atoms with Crippen LogP contribution in [-0.2, 0) is 6.54 Å². The van der Waals surface area contributed by atoms with Gasteiger partial charge in [0.2, 0.25) is 0 Å². The number of carbonyl (C=O) groups is 1. The van der Waals surface area contributed by atoms with Crippen LogP contribution in [0.2, 0.25) is 5.02 Å². The monoisotopic (exact) mass is 519 g/mol. The molecule has 0 atom stereocenters. The van der Waals surface area contributed by atoms with Crippen molar-refractivity contribution in [1.82, 2.24) is 15.1 Å². The molecule has 4 aromatic rings. The van der Waals surface area contributed by atoms with Gasteiger partial charge >= 0.3 is 0 Å². The molecule has 0 saturated carbocycles. The molecule has 0 bridgehead atoms. The van der Waals surface area contributed by atoms with Gasteiger partial charge in [-0.3, -0.25) is 9.69 Å². The number of ether oxygens (including phenoxy) is 1. The number of furan rings is 1. The third kappa shape index (κ3) is 6.27. The van der Waals surface area contributed by atoms with Crippen molar-refractivity contribution in [3.8, 4) is 5.75 Å². The Morgan fingerprint density at radius 1 is 1.05 bits per heavy atom. The molecule has 6 nitrogen and oxygen atoms in total. The first-order valence-electron chi connectivity index (χ1n) is 13.0. The highest BCUT2D eigenvalue weighted by atomic mass is 35.5. The Morgan fingerprint density at radius 3 is 2.62 bits per heavy atom. The summed E-state index contributed by atoms with van der Waals surface area (Å²) in [5, 5.41) is 5.76. The fraction of sp³-hybridized carbons (Fsp3) is 0.367. The van der Waals surface area contributed by atoms with Gasteiger partial charge in [0.25, 0.3) is 5.91 Å². The molecule has 1 saturated heterocycles. The number of rotatable bonds is 9. The van der Waals surface area contributed by atoms with Crippen LogP contribution in [0.3, 0.4) is 0 Å². The lowest BCUT2D eigenvalue weighted by atomic mass is 10.1. The van der Waals surface area contributed by atoms with E-state index in [4.69, 9.17) is 20.8 Å². The predicted octanol–water partition coefficient (Wildman–Crippen LogP) is 5.96. The minimum atomic E-state index is -0.109. The van der Waals surface area contributed by atoms with Crippen molar-refractivity contribution in [1.29, 1.82) is 0 Å². The van der Waals surface area contributed by atoms with Crippen LogP contribution in [0, 0.1) is 0 Å². The zero-order valence-corrected chi connectivity index (χ0v) is 22.3. The van der Waals surface area contributed by atoms with Gasteiger partial charge < -0.3 is 19.4 Å². The highest BCUT2D eigenvalue weighted by molar-refractivity contribution is 6.32. The van der Waals surface area contributed by atoms with Gasteiger partial charge in [0.15, 0.2) is 0 Å². The van der Waals surface area contributed by atoms with Crippen LogP contribution >= 0.6 is 11.6 Å². The van der Waals surface area contributed by atoms with E-state index in [1.54, 1.807) is 12.1 Å². The Hall–Kier alpha value is -3.06. The number of benzene rings is 3. The highest BCUT2D eigenvalue weighted by Gasteiger charge is 2.22. The summed E-state index contributed by atoms with van der Waals surface area (Å²) in [4.78, 5) is 17.0. The second-order valence-corrected chi connectivity index (χ2v) is 10.5. The molecule has 194 valence electrons. The highest BCUT2D eigenvalue weighted by Crippen LogP contribution is 2.31. The third-order valence-corrected chi connectivity index (χ3v) is 7.23. The molecule has 1 N–H and O–H groups in total. The van der Waals surface area contributed by atoms with Gasteiger partial charge in [-0.1, -0.05) is 35.9 Å². The van der Waals surface area contributed by atoms with E-state index in [-0.39, 0.29) is 12.0 Å². The van der Waals surface area contributed by atoms with Crippen molar-refractivity contribution in [2.45, 2.75) is 31.9 Å². The zero-order chi connectivity index (χ0) is 25.8. The van der Waals surface area contributed by atoms with E-state index < -0.39 is 0 Å². The summed E-state index contributed by atoms with van der Waals surface area (Å²) in [6.45, 7) is 4.39. The van der Waals surface area contributed by atoms with Crippen molar-refractivity contribution in [2.24, 2.45) is 0 Å². The number of likely N-dealkylation sites (tertiary alicyclic amines) is 1. The molecular formula is C30H34ClN3O3. The SMILES string of the molecule is CN(C)CCCNC(=O)c1ccc(OC2CCN(Cc3ccc4oc5ccccc5c4c3)CC2)c(Cl)c1. The molecule has 0 spiro atoms. The lowest BCUT2D eigenvalue weighted by Crippen LogP contribution is -2.37. The number of nitrogens with one attached hydrogen (secondary N) is 1. The maximum atomic E-state index is 12.4. The number of hydrogen-bond acceptors (Lipinski definition) is 5. The summed E-state index contributed by atoms with van der Waals surface area (Å²) in [6.07, 6.45) is 2.88. The van der Waals surface area contributed by atoms with Gasteiger partial charge in [-0.25, -0.2) is 0 Å². The average Bonchev–Trinajstić information content (AvgIpc) is 3.27. The van der Waals surface area contributed by atoms with Gasteiger partial charge in [-0.2, -0.15) is 0 Å². The first-order chi connectivity index (χ1) is 18.0. The normalized spacial score (nSPS) is 15.0. The lowest BCUT2D eigenvalue weighted by molar-refractivity contribution is 0.0949. The van der Waals surface area contributed by atoms with Crippen molar-refractivity contribution in [2.75, 3.05) is 40.3 Å². The van der Waals surface area contributed by atoms with Crippen LogP contribution in [0.1, 0.15) is 35.2 Å². The van der Waals surface area contributed by atoms with Crippen LogP contribution in [0.15, 0.2) is 65.1 Å². The molecule has 0 radical (unpaired) electrons. The van der Waals surface area contributed by atoms with Crippen LogP contribution in [-0.4, -0.2) is 62.1 Å². The molecule has 2 heterocycles. The largest absolute Gasteiger partial charge is 0.489 e. The number of carbonyl (C=O) groups excluding carboxylic acids is 1. The third-order valence-electron chi connectivity index (χ3n) is 6.94. The first-order valence-corrected chi connectivity index (χ1v) is 13.4. The van der Waals surface area contributed by atoms with Crippen LogP contribution < -0.4 is 10.1 Å². The molecule has 0 unspecified atom stereocenters. The molecule has 1 fully saturated rings. The smallest absolute Gasteiger partial charge is 0.251 e. The van der Waals surface area contributed by atoms with E-state index in [1.165, 1.54) is 10.9 Å². The lowest BCUT2D eigenvalue weighted by Gasteiger charge is -2.32. The summed E-state index contributed by atoms with van der Waals surface area (Å²) in [5.74, 6) is 0.531. The number of nitrogens with zero attached hydrogens (tertiary/aromatic N) is 2. The number of halogens is 1. The van der Waals surface area contributed by atoms with Crippen LogP contribution in [0.4, 0.5) is 0 Å². The van der Waals surface area contributed by atoms with E-state index in [2.05, 4.69) is 45.4 Å². The molecule has 1 aliphatic heterocycles. The summed E-state index contributed by atoms with van der Waals surface area (Å²) < 4.78 is 12.2. The second kappa shape index (κ2) is 11.5. The number of hydrogen-bond donors (Lipinski definition) is 1. The van der Waals surface area contributed by atoms with Crippen LogP contribution in [0.5, 0.6) is 5.75 Å². The standard InChI is InChI=1S/C30H34ClN3O3/c1-33(2)15-5-14-32-30(35)22-9-11-29(26(31)19-22)36-23-12-16-34(17-13-23)20-21-8-10-28-25(18-21)24-6-3-4-7-27(24)37-28/h3-4,6-11,18-19,23H,5,12-17,20H2,1-2H3,(H,32,35). The molecule has 5 rings (SSSR count). The number of fused-ring (bicyclic) bond motifs is 3. The average molecular weight is 520 g/mol. The second-order valence-electron chi connectivity index (χ2n) is 10.1. The summed E-state index contributed by atoms with van der Waals surface area (Å²) >= 11 is 6.48. The number of para-hydroxylation sites is 1. The molecule has 7 heteroatoms. The molecule has 3 aromatic carbocycles. The Balaban J connectivity index is 1.12. The van der Waals surface area contributed by atoms with E-state index in [1.807, 2.05) is 32.3 Å². The van der Waals surface area contributed by atoms with E-state index in [0.29, 0.717) is 22.9 Å². The first kappa shape index (κ1) is 25.6. The van der Waals surface area contributed by atoms with Gasteiger partial charge in [0.1, 0.15) is 23.0 Å². The van der Waals surface area contributed by atoms with Crippen molar-refractivity contribution in [3.63, 3.8) is 0 Å². The van der Waals surface area contributed by atoms with Crippen molar-refractivity contribution in [3.05, 3.63) is 76.8 Å². The molecule has 37 heavy (non-hydrogen) atoms. The van der Waals surface area contributed by atoms with Gasteiger partial charge in [-0.05, 0) is 81.9 Å². The molecule has 1 aromatic heterocycles. The Kier molecular flexibility index (Phi) is 7.99. The zero-order valence-electron chi connectivity index (χ0n) is 21.5. The summed E-state index contributed by atoms with van der Waals surface area (Å²) in [5.41, 5.74) is 3.71. The predicted molar refractivity (Wildman–Crippen MR) is 150 cm³/mol. The fourth-order valence-corrected chi connectivity index (χ4v) is 5.16.